The van der Waals surface area contributed by atoms with Crippen molar-refractivity contribution in [1.29, 1.82) is 0 Å². The van der Waals surface area contributed by atoms with Crippen LogP contribution >= 0.6 is 0 Å². The standard InChI is InChI=1S/C46H90O2/c1-6-11-16-19-23-29-35-43(45(38-27-14-9-4)46(48)39-32-26-20-17-12-7-2)36-30-24-21-22-25-31-37-44(47)41-40-42(33-15-10-5)34-28-18-13-8-3/h42-43,45H,6-41H2,1-5H3. The molecule has 0 amide bonds. The van der Waals surface area contributed by atoms with E-state index in [-0.39, 0.29) is 0 Å². The van der Waals surface area contributed by atoms with Crippen LogP contribution in [0.3, 0.4) is 0 Å². The van der Waals surface area contributed by atoms with E-state index in [0.29, 0.717) is 23.4 Å². The first kappa shape index (κ1) is 47.3. The molecule has 48 heavy (non-hydrogen) atoms. The second-order valence-electron chi connectivity index (χ2n) is 16.0. The minimum absolute atomic E-state index is 0.312. The fourth-order valence-electron chi connectivity index (χ4n) is 7.98. The zero-order valence-corrected chi connectivity index (χ0v) is 34.0. The molecule has 0 rings (SSSR count). The summed E-state index contributed by atoms with van der Waals surface area (Å²) in [7, 11) is 0. The highest BCUT2D eigenvalue weighted by Crippen LogP contribution is 2.32. The molecule has 0 fully saturated rings. The molecule has 286 valence electrons. The van der Waals surface area contributed by atoms with Crippen molar-refractivity contribution in [1.82, 2.24) is 0 Å². The second-order valence-corrected chi connectivity index (χ2v) is 16.0. The minimum Gasteiger partial charge on any atom is -0.300 e. The summed E-state index contributed by atoms with van der Waals surface area (Å²) < 4.78 is 0. The van der Waals surface area contributed by atoms with Crippen molar-refractivity contribution < 1.29 is 9.59 Å². The molecule has 0 aromatic rings. The molecule has 0 spiro atoms. The average Bonchev–Trinajstić information content (AvgIpc) is 3.09. The third kappa shape index (κ3) is 30.2. The van der Waals surface area contributed by atoms with Gasteiger partial charge in [-0.05, 0) is 50.4 Å². The molecule has 0 aliphatic carbocycles. The number of hydrogen-bond acceptors (Lipinski definition) is 2. The van der Waals surface area contributed by atoms with E-state index < -0.39 is 0 Å². The Kier molecular flexibility index (Phi) is 37.1. The maximum atomic E-state index is 13.7. The molecule has 0 N–H and O–H groups in total. The molecule has 0 heterocycles. The van der Waals surface area contributed by atoms with Crippen LogP contribution in [0.5, 0.6) is 0 Å². The molecule has 0 radical (unpaired) electrons. The summed E-state index contributed by atoms with van der Waals surface area (Å²) in [6, 6.07) is 0. The van der Waals surface area contributed by atoms with Gasteiger partial charge in [-0.3, -0.25) is 9.59 Å². The van der Waals surface area contributed by atoms with Crippen molar-refractivity contribution in [3.63, 3.8) is 0 Å². The molecule has 0 saturated heterocycles. The molecule has 0 bridgehead atoms. The van der Waals surface area contributed by atoms with Gasteiger partial charge >= 0.3 is 0 Å². The first-order valence-corrected chi connectivity index (χ1v) is 22.6. The first-order valence-electron chi connectivity index (χ1n) is 22.6. The lowest BCUT2D eigenvalue weighted by Gasteiger charge is -2.27. The highest BCUT2D eigenvalue weighted by molar-refractivity contribution is 5.81. The molecular weight excluding hydrogens is 585 g/mol. The van der Waals surface area contributed by atoms with E-state index >= 15 is 0 Å². The van der Waals surface area contributed by atoms with Gasteiger partial charge in [-0.15, -0.1) is 0 Å². The predicted molar refractivity (Wildman–Crippen MR) is 215 cm³/mol. The van der Waals surface area contributed by atoms with Gasteiger partial charge in [0.25, 0.3) is 0 Å². The van der Waals surface area contributed by atoms with Crippen molar-refractivity contribution in [2.45, 2.75) is 266 Å². The van der Waals surface area contributed by atoms with Crippen molar-refractivity contribution in [3.8, 4) is 0 Å². The molecule has 0 aromatic carbocycles. The number of hydrogen-bond donors (Lipinski definition) is 0. The van der Waals surface area contributed by atoms with Crippen LogP contribution in [0.25, 0.3) is 0 Å². The van der Waals surface area contributed by atoms with Crippen LogP contribution in [0.15, 0.2) is 0 Å². The van der Waals surface area contributed by atoms with Crippen molar-refractivity contribution in [2.75, 3.05) is 0 Å². The van der Waals surface area contributed by atoms with Crippen molar-refractivity contribution in [3.05, 3.63) is 0 Å². The Labute approximate surface area is 303 Å². The quantitative estimate of drug-likeness (QED) is 0.0606. The van der Waals surface area contributed by atoms with Crippen LogP contribution < -0.4 is 0 Å². The Morgan fingerprint density at radius 2 is 0.708 bits per heavy atom. The lowest BCUT2D eigenvalue weighted by atomic mass is 9.77. The Bertz CT molecular complexity index is 669. The van der Waals surface area contributed by atoms with Crippen LogP contribution in [0.2, 0.25) is 0 Å². The molecular formula is C46H90O2. The molecule has 3 unspecified atom stereocenters. The molecule has 0 aromatic heterocycles. The van der Waals surface area contributed by atoms with Gasteiger partial charge in [0.15, 0.2) is 0 Å². The SMILES string of the molecule is CCCCCCCCC(=O)C(CCCCC)C(CCCCCCCC)CCCCCCCCC(=O)CCC(CCCC)CCCCCC. The van der Waals surface area contributed by atoms with E-state index in [4.69, 9.17) is 0 Å². The number of unbranched alkanes of at least 4 members (excludes halogenated alkanes) is 21. The summed E-state index contributed by atoms with van der Waals surface area (Å²) in [6.07, 6.45) is 44.7. The lowest BCUT2D eigenvalue weighted by Crippen LogP contribution is -2.24. The zero-order chi connectivity index (χ0) is 35.3. The number of ketones is 2. The monoisotopic (exact) mass is 675 g/mol. The van der Waals surface area contributed by atoms with Crippen LogP contribution in [0, 0.1) is 17.8 Å². The summed E-state index contributed by atoms with van der Waals surface area (Å²) >= 11 is 0. The maximum absolute atomic E-state index is 13.7. The number of rotatable bonds is 40. The molecule has 2 heteroatoms. The van der Waals surface area contributed by atoms with Crippen LogP contribution in [-0.4, -0.2) is 11.6 Å². The molecule has 0 aliphatic heterocycles. The van der Waals surface area contributed by atoms with Gasteiger partial charge < -0.3 is 0 Å². The van der Waals surface area contributed by atoms with Gasteiger partial charge in [0, 0.05) is 25.2 Å². The van der Waals surface area contributed by atoms with Crippen LogP contribution in [-0.2, 0) is 9.59 Å². The fourth-order valence-corrected chi connectivity index (χ4v) is 7.98. The van der Waals surface area contributed by atoms with Gasteiger partial charge in [-0.25, -0.2) is 0 Å². The third-order valence-corrected chi connectivity index (χ3v) is 11.4. The van der Waals surface area contributed by atoms with E-state index in [2.05, 4.69) is 34.6 Å². The summed E-state index contributed by atoms with van der Waals surface area (Å²) in [4.78, 5) is 26.4. The average molecular weight is 675 g/mol. The van der Waals surface area contributed by atoms with Gasteiger partial charge in [0.1, 0.15) is 11.6 Å². The Morgan fingerprint density at radius 1 is 0.333 bits per heavy atom. The van der Waals surface area contributed by atoms with Gasteiger partial charge in [-0.2, -0.15) is 0 Å². The largest absolute Gasteiger partial charge is 0.300 e. The van der Waals surface area contributed by atoms with Crippen molar-refractivity contribution in [2.24, 2.45) is 17.8 Å². The molecule has 0 aliphatic rings. The third-order valence-electron chi connectivity index (χ3n) is 11.4. The smallest absolute Gasteiger partial charge is 0.136 e. The first-order chi connectivity index (χ1) is 23.5. The number of Topliss-reactive ketones (excluding diaryl/α,β-unsaturated/α-hetero) is 2. The van der Waals surface area contributed by atoms with Gasteiger partial charge in [0.2, 0.25) is 0 Å². The summed E-state index contributed by atoms with van der Waals surface area (Å²) in [5, 5.41) is 0. The predicted octanol–water partition coefficient (Wildman–Crippen LogP) is 16.1. The summed E-state index contributed by atoms with van der Waals surface area (Å²) in [5.41, 5.74) is 0. The second kappa shape index (κ2) is 37.6. The van der Waals surface area contributed by atoms with Crippen LogP contribution in [0.1, 0.15) is 266 Å². The summed E-state index contributed by atoms with van der Waals surface area (Å²) in [6.45, 7) is 11.4. The zero-order valence-electron chi connectivity index (χ0n) is 34.0. The van der Waals surface area contributed by atoms with E-state index in [0.717, 1.165) is 50.9 Å². The molecule has 0 saturated carbocycles. The maximum Gasteiger partial charge on any atom is 0.136 e. The normalized spacial score (nSPS) is 13.5. The minimum atomic E-state index is 0.312. The van der Waals surface area contributed by atoms with E-state index in [1.807, 2.05) is 0 Å². The van der Waals surface area contributed by atoms with E-state index in [1.54, 1.807) is 0 Å². The Balaban J connectivity index is 4.65. The topological polar surface area (TPSA) is 34.1 Å². The van der Waals surface area contributed by atoms with Crippen LogP contribution in [0.4, 0.5) is 0 Å². The van der Waals surface area contributed by atoms with Crippen molar-refractivity contribution >= 4 is 11.6 Å². The lowest BCUT2D eigenvalue weighted by molar-refractivity contribution is -0.125. The highest BCUT2D eigenvalue weighted by atomic mass is 16.1. The number of carbonyl (C=O) groups is 2. The fraction of sp³-hybridized carbons (Fsp3) is 0.957. The summed E-state index contributed by atoms with van der Waals surface area (Å²) in [5.74, 6) is 2.81. The van der Waals surface area contributed by atoms with E-state index in [9.17, 15) is 9.59 Å². The Morgan fingerprint density at radius 3 is 1.25 bits per heavy atom. The van der Waals surface area contributed by atoms with E-state index in [1.165, 1.54) is 186 Å². The molecule has 3 atom stereocenters. The number of carbonyl (C=O) groups excluding carboxylic acids is 2. The Hall–Kier alpha value is -0.660. The molecule has 2 nitrogen and oxygen atoms in total. The van der Waals surface area contributed by atoms with Gasteiger partial charge in [-0.1, -0.05) is 208 Å². The highest BCUT2D eigenvalue weighted by Gasteiger charge is 2.26. The van der Waals surface area contributed by atoms with Gasteiger partial charge in [0.05, 0.1) is 0 Å².